The largest absolute Gasteiger partial charge is 0.503 e. The predicted octanol–water partition coefficient (Wildman–Crippen LogP) is 5.89. The number of carbonyl (C=O) groups is 2. The first-order chi connectivity index (χ1) is 16.4. The Hall–Kier alpha value is -2.12. The van der Waals surface area contributed by atoms with E-state index in [-0.39, 0.29) is 28.1 Å². The van der Waals surface area contributed by atoms with Gasteiger partial charge in [-0.2, -0.15) is 0 Å². The van der Waals surface area contributed by atoms with Crippen LogP contribution in [0.25, 0.3) is 0 Å². The summed E-state index contributed by atoms with van der Waals surface area (Å²) >= 11 is 3.44. The van der Waals surface area contributed by atoms with Gasteiger partial charge in [0.2, 0.25) is 0 Å². The number of Topliss-reactive ketones (excluding diaryl/α,β-unsaturated/α-hetero) is 2. The average molecular weight is 547 g/mol. The Kier molecular flexibility index (Phi) is 6.97. The second kappa shape index (κ2) is 9.40. The van der Waals surface area contributed by atoms with Crippen LogP contribution in [-0.2, 0) is 14.3 Å². The van der Waals surface area contributed by atoms with E-state index in [0.29, 0.717) is 47.4 Å². The topological polar surface area (TPSA) is 76.1 Å². The second-order valence-corrected chi connectivity index (χ2v) is 12.4. The van der Waals surface area contributed by atoms with Crippen molar-refractivity contribution in [2.24, 2.45) is 10.8 Å². The van der Waals surface area contributed by atoms with Gasteiger partial charge in [-0.25, -0.2) is 0 Å². The van der Waals surface area contributed by atoms with Gasteiger partial charge in [0.25, 0.3) is 0 Å². The normalized spacial score (nSPS) is 21.9. The molecule has 0 saturated carbocycles. The minimum atomic E-state index is -0.475. The predicted molar refractivity (Wildman–Crippen MR) is 138 cm³/mol. The Morgan fingerprint density at radius 3 is 2.00 bits per heavy atom. The van der Waals surface area contributed by atoms with E-state index in [1.165, 1.54) is 7.11 Å². The first-order valence-corrected chi connectivity index (χ1v) is 13.0. The molecule has 1 aromatic carbocycles. The molecule has 4 rings (SSSR count). The van der Waals surface area contributed by atoms with Gasteiger partial charge in [0.1, 0.15) is 0 Å². The molecular formula is C28H36BrNO5. The summed E-state index contributed by atoms with van der Waals surface area (Å²) in [7, 11) is 3.19. The summed E-state index contributed by atoms with van der Waals surface area (Å²) in [5.41, 5.74) is 3.93. The summed E-state index contributed by atoms with van der Waals surface area (Å²) in [6.07, 6.45) is 3.20. The fourth-order valence-electron chi connectivity index (χ4n) is 5.93. The number of ketones is 2. The molecule has 6 nitrogen and oxygen atoms in total. The van der Waals surface area contributed by atoms with Crippen LogP contribution in [0.2, 0.25) is 0 Å². The number of ether oxygens (including phenoxy) is 2. The standard InChI is InChI=1S/C28H36BrNO5/c1-27(2)12-18-24(20(31)14-27)23(16-10-17(29)26(33)22(11-16)35-6)25-19(30(18)8-7-9-34-5)13-28(3,4)15-21(25)32/h10-11,23,33H,7-9,12-15H2,1-6H3. The third-order valence-electron chi connectivity index (χ3n) is 7.36. The molecule has 1 aliphatic heterocycles. The smallest absolute Gasteiger partial charge is 0.172 e. The lowest BCUT2D eigenvalue weighted by molar-refractivity contribution is -0.119. The molecule has 0 amide bonds. The summed E-state index contributed by atoms with van der Waals surface area (Å²) in [6, 6.07) is 3.58. The number of nitrogens with zero attached hydrogens (tertiary/aromatic N) is 1. The van der Waals surface area contributed by atoms with Crippen molar-refractivity contribution in [2.75, 3.05) is 27.4 Å². The van der Waals surface area contributed by atoms with Crippen LogP contribution in [-0.4, -0.2) is 48.9 Å². The first-order valence-electron chi connectivity index (χ1n) is 12.2. The Bertz CT molecular complexity index is 1080. The Morgan fingerprint density at radius 2 is 1.51 bits per heavy atom. The zero-order valence-electron chi connectivity index (χ0n) is 21.6. The van der Waals surface area contributed by atoms with Gasteiger partial charge < -0.3 is 19.5 Å². The van der Waals surface area contributed by atoms with Crippen molar-refractivity contribution in [1.82, 2.24) is 4.90 Å². The van der Waals surface area contributed by atoms with Crippen LogP contribution in [0.1, 0.15) is 71.3 Å². The number of rotatable bonds is 6. The van der Waals surface area contributed by atoms with E-state index < -0.39 is 5.92 Å². The number of phenols is 1. The molecule has 0 aromatic heterocycles. The minimum absolute atomic E-state index is 0.00358. The number of phenolic OH excluding ortho intramolecular Hbond substituents is 1. The minimum Gasteiger partial charge on any atom is -0.503 e. The van der Waals surface area contributed by atoms with Crippen LogP contribution in [0.15, 0.2) is 39.1 Å². The number of benzene rings is 1. The Morgan fingerprint density at radius 1 is 0.971 bits per heavy atom. The number of hydrogen-bond donors (Lipinski definition) is 1. The van der Waals surface area contributed by atoms with E-state index in [4.69, 9.17) is 9.47 Å². The highest BCUT2D eigenvalue weighted by atomic mass is 79.9. The number of halogens is 1. The molecule has 190 valence electrons. The van der Waals surface area contributed by atoms with E-state index in [1.807, 2.05) is 6.07 Å². The molecule has 0 unspecified atom stereocenters. The van der Waals surface area contributed by atoms with Gasteiger partial charge in [-0.1, -0.05) is 27.7 Å². The van der Waals surface area contributed by atoms with Crippen molar-refractivity contribution in [3.8, 4) is 11.5 Å². The number of allylic oxidation sites excluding steroid dienone is 4. The van der Waals surface area contributed by atoms with Crippen molar-refractivity contribution in [3.05, 3.63) is 44.7 Å². The molecule has 0 atom stereocenters. The van der Waals surface area contributed by atoms with Gasteiger partial charge >= 0.3 is 0 Å². The van der Waals surface area contributed by atoms with Crippen LogP contribution in [0.4, 0.5) is 0 Å². The highest BCUT2D eigenvalue weighted by Gasteiger charge is 2.49. The maximum atomic E-state index is 13.8. The first kappa shape index (κ1) is 26.0. The summed E-state index contributed by atoms with van der Waals surface area (Å²) in [5, 5.41) is 10.4. The zero-order valence-corrected chi connectivity index (χ0v) is 23.2. The van der Waals surface area contributed by atoms with Crippen molar-refractivity contribution in [2.45, 2.75) is 65.7 Å². The van der Waals surface area contributed by atoms with Crippen molar-refractivity contribution in [1.29, 1.82) is 0 Å². The molecular weight excluding hydrogens is 510 g/mol. The number of aromatic hydroxyl groups is 1. The Labute approximate surface area is 216 Å². The SMILES string of the molecule is COCCCN1C2=C(C(=O)CC(C)(C)C2)C(c2cc(Br)c(O)c(OC)c2)C2=C1CC(C)(C)CC2=O. The lowest BCUT2D eigenvalue weighted by atomic mass is 9.63. The summed E-state index contributed by atoms with van der Waals surface area (Å²) < 4.78 is 11.2. The van der Waals surface area contributed by atoms with Gasteiger partial charge in [0, 0.05) is 61.6 Å². The highest BCUT2D eigenvalue weighted by molar-refractivity contribution is 9.10. The maximum absolute atomic E-state index is 13.8. The number of hydrogen-bond acceptors (Lipinski definition) is 6. The molecule has 0 bridgehead atoms. The lowest BCUT2D eigenvalue weighted by Crippen LogP contribution is -2.44. The fourth-order valence-corrected chi connectivity index (χ4v) is 6.39. The van der Waals surface area contributed by atoms with Crippen molar-refractivity contribution >= 4 is 27.5 Å². The van der Waals surface area contributed by atoms with Gasteiger partial charge in [0.15, 0.2) is 23.1 Å². The van der Waals surface area contributed by atoms with Gasteiger partial charge in [-0.15, -0.1) is 0 Å². The van der Waals surface area contributed by atoms with Crippen molar-refractivity contribution in [3.63, 3.8) is 0 Å². The van der Waals surface area contributed by atoms with Crippen LogP contribution in [0.5, 0.6) is 11.5 Å². The third kappa shape index (κ3) is 4.82. The fraction of sp³-hybridized carbons (Fsp3) is 0.571. The third-order valence-corrected chi connectivity index (χ3v) is 7.96. The van der Waals surface area contributed by atoms with Gasteiger partial charge in [0.05, 0.1) is 11.6 Å². The monoisotopic (exact) mass is 545 g/mol. The molecule has 1 heterocycles. The van der Waals surface area contributed by atoms with Crippen LogP contribution in [0, 0.1) is 10.8 Å². The molecule has 0 saturated heterocycles. The maximum Gasteiger partial charge on any atom is 0.172 e. The average Bonchev–Trinajstić information content (AvgIpc) is 2.74. The molecule has 1 aromatic rings. The molecule has 0 fully saturated rings. The van der Waals surface area contributed by atoms with Gasteiger partial charge in [-0.3, -0.25) is 9.59 Å². The van der Waals surface area contributed by atoms with Crippen LogP contribution >= 0.6 is 15.9 Å². The molecule has 3 aliphatic rings. The summed E-state index contributed by atoms with van der Waals surface area (Å²) in [4.78, 5) is 29.8. The van der Waals surface area contributed by atoms with Crippen molar-refractivity contribution < 1.29 is 24.2 Å². The van der Waals surface area contributed by atoms with E-state index in [0.717, 1.165) is 36.2 Å². The number of carbonyl (C=O) groups excluding carboxylic acids is 2. The van der Waals surface area contributed by atoms with Crippen LogP contribution < -0.4 is 4.74 Å². The van der Waals surface area contributed by atoms with Crippen LogP contribution in [0.3, 0.4) is 0 Å². The Balaban J connectivity index is 1.99. The summed E-state index contributed by atoms with van der Waals surface area (Å²) in [5.74, 6) is 0.0181. The second-order valence-electron chi connectivity index (χ2n) is 11.6. The summed E-state index contributed by atoms with van der Waals surface area (Å²) in [6.45, 7) is 9.86. The highest BCUT2D eigenvalue weighted by Crippen LogP contribution is 2.55. The van der Waals surface area contributed by atoms with Gasteiger partial charge in [-0.05, 0) is 63.7 Å². The molecule has 1 N–H and O–H groups in total. The molecule has 35 heavy (non-hydrogen) atoms. The van der Waals surface area contributed by atoms with E-state index >= 15 is 0 Å². The molecule has 0 radical (unpaired) electrons. The van der Waals surface area contributed by atoms with E-state index in [9.17, 15) is 14.7 Å². The van der Waals surface area contributed by atoms with E-state index in [2.05, 4.69) is 48.5 Å². The molecule has 2 aliphatic carbocycles. The zero-order chi connectivity index (χ0) is 25.7. The van der Waals surface area contributed by atoms with E-state index in [1.54, 1.807) is 13.2 Å². The molecule has 0 spiro atoms. The lowest BCUT2D eigenvalue weighted by Gasteiger charge is -2.49. The quantitative estimate of drug-likeness (QED) is 0.449. The molecule has 7 heteroatoms. The number of methoxy groups -OCH3 is 2.